The van der Waals surface area contributed by atoms with Crippen molar-refractivity contribution in [2.75, 3.05) is 13.2 Å². The predicted octanol–water partition coefficient (Wildman–Crippen LogP) is 2.32. The molecule has 0 aliphatic carbocycles. The molecule has 1 atom stereocenters. The average molecular weight is 485 g/mol. The number of thiazole rings is 1. The summed E-state index contributed by atoms with van der Waals surface area (Å²) in [6.07, 6.45) is 1.70. The molecule has 0 fully saturated rings. The molecule has 1 aromatic carbocycles. The highest BCUT2D eigenvalue weighted by Crippen LogP contribution is 2.33. The average Bonchev–Trinajstić information content (AvgIpc) is 3.41. The van der Waals surface area contributed by atoms with E-state index >= 15 is 0 Å². The molecule has 0 saturated carbocycles. The fourth-order valence-electron chi connectivity index (χ4n) is 3.50. The van der Waals surface area contributed by atoms with Gasteiger partial charge in [-0.15, -0.1) is 11.3 Å². The van der Waals surface area contributed by atoms with Gasteiger partial charge in [0.1, 0.15) is 11.8 Å². The van der Waals surface area contributed by atoms with E-state index in [-0.39, 0.29) is 12.2 Å². The molecule has 4 rings (SSSR count). The fourth-order valence-corrected chi connectivity index (χ4v) is 5.37. The smallest absolute Gasteiger partial charge is 0.341 e. The zero-order valence-electron chi connectivity index (χ0n) is 17.8. The number of ether oxygens (including phenoxy) is 2. The number of nitrogens with zero attached hydrogens (tertiary/aromatic N) is 2. The van der Waals surface area contributed by atoms with Crippen molar-refractivity contribution in [3.8, 4) is 5.75 Å². The van der Waals surface area contributed by atoms with Gasteiger partial charge in [0.05, 0.1) is 22.4 Å². The normalized spacial score (nSPS) is 15.7. The van der Waals surface area contributed by atoms with Crippen LogP contribution in [0.4, 0.5) is 0 Å². The largest absolute Gasteiger partial charge is 0.482 e. The Morgan fingerprint density at radius 3 is 2.79 bits per heavy atom. The molecule has 1 aliphatic heterocycles. The molecule has 0 bridgehead atoms. The first-order valence-corrected chi connectivity index (χ1v) is 11.8. The maximum Gasteiger partial charge on any atom is 0.341 e. The van der Waals surface area contributed by atoms with Crippen molar-refractivity contribution in [1.82, 2.24) is 4.57 Å². The number of carbonyl (C=O) groups excluding carboxylic acids is 1. The van der Waals surface area contributed by atoms with Crippen molar-refractivity contribution in [2.24, 2.45) is 4.99 Å². The molecule has 0 amide bonds. The number of hydrogen-bond acceptors (Lipinski definition) is 8. The van der Waals surface area contributed by atoms with Crippen molar-refractivity contribution < 1.29 is 24.2 Å². The Bertz CT molecular complexity index is 1420. The second-order valence-corrected chi connectivity index (χ2v) is 9.06. The molecule has 10 heteroatoms. The minimum absolute atomic E-state index is 0.220. The summed E-state index contributed by atoms with van der Waals surface area (Å²) in [6.45, 7) is 3.24. The van der Waals surface area contributed by atoms with Crippen LogP contribution >= 0.6 is 22.7 Å². The topological polar surface area (TPSA) is 107 Å². The Hall–Kier alpha value is -3.50. The van der Waals surface area contributed by atoms with Gasteiger partial charge < -0.3 is 14.6 Å². The van der Waals surface area contributed by atoms with E-state index in [4.69, 9.17) is 14.6 Å². The van der Waals surface area contributed by atoms with Gasteiger partial charge in [0.2, 0.25) is 0 Å². The number of thiophene rings is 1. The molecule has 3 aromatic rings. The summed E-state index contributed by atoms with van der Waals surface area (Å²) in [6, 6.07) is 9.95. The molecular formula is C23H20N2O6S2. The summed E-state index contributed by atoms with van der Waals surface area (Å²) < 4.78 is 12.5. The Morgan fingerprint density at radius 1 is 1.27 bits per heavy atom. The number of fused-ring (bicyclic) bond motifs is 1. The summed E-state index contributed by atoms with van der Waals surface area (Å²) in [5.74, 6) is -1.18. The van der Waals surface area contributed by atoms with E-state index in [1.54, 1.807) is 44.2 Å². The van der Waals surface area contributed by atoms with Gasteiger partial charge in [-0.2, -0.15) is 0 Å². The third kappa shape index (κ3) is 4.67. The van der Waals surface area contributed by atoms with Gasteiger partial charge in [-0.25, -0.2) is 14.6 Å². The number of carboxylic acids is 1. The SMILES string of the molecule is CCOC(=O)C1=C(C)N=c2s/c(=C\c3cccc(OCC(=O)O)c3)c(=O)n2C1c1cccs1. The number of esters is 1. The van der Waals surface area contributed by atoms with E-state index in [0.717, 1.165) is 4.88 Å². The molecule has 8 nitrogen and oxygen atoms in total. The lowest BCUT2D eigenvalue weighted by Gasteiger charge is -2.23. The molecule has 1 unspecified atom stereocenters. The number of carbonyl (C=O) groups is 2. The molecule has 33 heavy (non-hydrogen) atoms. The highest BCUT2D eigenvalue weighted by Gasteiger charge is 2.33. The Balaban J connectivity index is 1.83. The number of benzene rings is 1. The van der Waals surface area contributed by atoms with E-state index in [2.05, 4.69) is 4.99 Å². The lowest BCUT2D eigenvalue weighted by molar-refractivity contribution is -0.140. The molecule has 0 spiro atoms. The molecule has 3 heterocycles. The van der Waals surface area contributed by atoms with Crippen molar-refractivity contribution in [3.05, 3.63) is 83.2 Å². The number of hydrogen-bond donors (Lipinski definition) is 1. The first kappa shape index (κ1) is 22.7. The lowest BCUT2D eigenvalue weighted by Crippen LogP contribution is -2.39. The summed E-state index contributed by atoms with van der Waals surface area (Å²) in [5, 5.41) is 10.7. The van der Waals surface area contributed by atoms with Crippen LogP contribution in [0.5, 0.6) is 5.75 Å². The quantitative estimate of drug-likeness (QED) is 0.516. The molecule has 0 saturated heterocycles. The summed E-state index contributed by atoms with van der Waals surface area (Å²) in [7, 11) is 0. The third-order valence-corrected chi connectivity index (χ3v) is 6.76. The second-order valence-electron chi connectivity index (χ2n) is 7.07. The number of rotatable bonds is 7. The lowest BCUT2D eigenvalue weighted by atomic mass is 10.0. The molecule has 0 radical (unpaired) electrons. The highest BCUT2D eigenvalue weighted by atomic mass is 32.1. The van der Waals surface area contributed by atoms with Crippen LogP contribution in [0.3, 0.4) is 0 Å². The van der Waals surface area contributed by atoms with Gasteiger partial charge in [0.15, 0.2) is 11.4 Å². The van der Waals surface area contributed by atoms with E-state index in [9.17, 15) is 14.4 Å². The Morgan fingerprint density at radius 2 is 2.09 bits per heavy atom. The van der Waals surface area contributed by atoms with Crippen LogP contribution in [0.2, 0.25) is 0 Å². The maximum absolute atomic E-state index is 13.5. The van der Waals surface area contributed by atoms with Gasteiger partial charge in [-0.05, 0) is 49.1 Å². The van der Waals surface area contributed by atoms with Gasteiger partial charge in [0.25, 0.3) is 5.56 Å². The van der Waals surface area contributed by atoms with Crippen LogP contribution in [-0.4, -0.2) is 34.8 Å². The number of aliphatic carboxylic acids is 1. The Kier molecular flexibility index (Phi) is 6.57. The summed E-state index contributed by atoms with van der Waals surface area (Å²) in [4.78, 5) is 42.8. The Labute approximate surface area is 196 Å². The van der Waals surface area contributed by atoms with Crippen molar-refractivity contribution in [1.29, 1.82) is 0 Å². The van der Waals surface area contributed by atoms with E-state index in [1.807, 2.05) is 17.5 Å². The zero-order chi connectivity index (χ0) is 23.5. The number of aromatic nitrogens is 1. The van der Waals surface area contributed by atoms with Crippen molar-refractivity contribution >= 4 is 40.7 Å². The van der Waals surface area contributed by atoms with Crippen LogP contribution in [0.15, 0.2) is 62.8 Å². The van der Waals surface area contributed by atoms with E-state index in [1.165, 1.54) is 27.2 Å². The van der Waals surface area contributed by atoms with Gasteiger partial charge in [-0.1, -0.05) is 29.5 Å². The summed E-state index contributed by atoms with van der Waals surface area (Å²) in [5.41, 5.74) is 1.27. The molecule has 1 aliphatic rings. The molecule has 2 aromatic heterocycles. The van der Waals surface area contributed by atoms with Crippen LogP contribution < -0.4 is 19.6 Å². The molecule has 170 valence electrons. The summed E-state index contributed by atoms with van der Waals surface area (Å²) >= 11 is 2.68. The van der Waals surface area contributed by atoms with Crippen LogP contribution in [-0.2, 0) is 14.3 Å². The molecule has 1 N–H and O–H groups in total. The van der Waals surface area contributed by atoms with E-state index < -0.39 is 24.6 Å². The second kappa shape index (κ2) is 9.55. The first-order valence-electron chi connectivity index (χ1n) is 10.1. The van der Waals surface area contributed by atoms with Gasteiger partial charge in [-0.3, -0.25) is 9.36 Å². The van der Waals surface area contributed by atoms with Crippen LogP contribution in [0, 0.1) is 0 Å². The van der Waals surface area contributed by atoms with E-state index in [0.29, 0.717) is 31.9 Å². The van der Waals surface area contributed by atoms with Gasteiger partial charge in [0, 0.05) is 4.88 Å². The predicted molar refractivity (Wildman–Crippen MR) is 124 cm³/mol. The highest BCUT2D eigenvalue weighted by molar-refractivity contribution is 7.10. The fraction of sp³-hybridized carbons (Fsp3) is 0.217. The molecular weight excluding hydrogens is 464 g/mol. The van der Waals surface area contributed by atoms with Crippen molar-refractivity contribution in [3.63, 3.8) is 0 Å². The van der Waals surface area contributed by atoms with Crippen LogP contribution in [0.25, 0.3) is 6.08 Å². The third-order valence-electron chi connectivity index (χ3n) is 4.85. The maximum atomic E-state index is 13.5. The minimum atomic E-state index is -1.07. The van der Waals surface area contributed by atoms with Gasteiger partial charge >= 0.3 is 11.9 Å². The standard InChI is InChI=1S/C23H20N2O6S2/c1-3-30-22(29)19-13(2)24-23-25(20(19)16-8-5-9-32-16)21(28)17(33-23)11-14-6-4-7-15(10-14)31-12-18(26)27/h4-11,20H,3,12H2,1-2H3,(H,26,27)/b17-11-. The monoisotopic (exact) mass is 484 g/mol. The first-order chi connectivity index (χ1) is 15.9. The van der Waals surface area contributed by atoms with Crippen LogP contribution in [0.1, 0.15) is 30.3 Å². The zero-order valence-corrected chi connectivity index (χ0v) is 19.4. The van der Waals surface area contributed by atoms with Crippen molar-refractivity contribution in [2.45, 2.75) is 19.9 Å². The minimum Gasteiger partial charge on any atom is -0.482 e. The number of carboxylic acid groups (broad SMARTS) is 1. The number of allylic oxidation sites excluding steroid dienone is 1.